The number of non-ortho nitro benzene ring substituents is 1. The van der Waals surface area contributed by atoms with Crippen LogP contribution < -0.4 is 4.74 Å². The van der Waals surface area contributed by atoms with Gasteiger partial charge >= 0.3 is 0 Å². The first-order valence-electron chi connectivity index (χ1n) is 6.14. The second-order valence-electron chi connectivity index (χ2n) is 4.56. The highest BCUT2D eigenvalue weighted by Gasteiger charge is 2.12. The number of rotatable bonds is 4. The van der Waals surface area contributed by atoms with Crippen LogP contribution in [0.5, 0.6) is 11.5 Å². The van der Waals surface area contributed by atoms with Gasteiger partial charge in [-0.2, -0.15) is 0 Å². The summed E-state index contributed by atoms with van der Waals surface area (Å²) >= 11 is 0. The molecule has 0 aliphatic heterocycles. The minimum absolute atomic E-state index is 0.0681. The Balaban J connectivity index is 2.32. The van der Waals surface area contributed by atoms with Gasteiger partial charge in [-0.3, -0.25) is 10.1 Å². The van der Waals surface area contributed by atoms with Gasteiger partial charge in [-0.1, -0.05) is 6.07 Å². The zero-order valence-corrected chi connectivity index (χ0v) is 11.3. The van der Waals surface area contributed by atoms with Gasteiger partial charge in [0.1, 0.15) is 11.5 Å². The molecule has 0 heterocycles. The monoisotopic (exact) mass is 273 g/mol. The molecule has 2 aromatic rings. The highest BCUT2D eigenvalue weighted by Crippen LogP contribution is 2.29. The van der Waals surface area contributed by atoms with E-state index in [4.69, 9.17) is 4.74 Å². The number of benzene rings is 2. The van der Waals surface area contributed by atoms with Crippen molar-refractivity contribution in [2.75, 3.05) is 0 Å². The lowest BCUT2D eigenvalue weighted by Gasteiger charge is -2.11. The molecule has 0 fully saturated rings. The summed E-state index contributed by atoms with van der Waals surface area (Å²) in [4.78, 5) is 10.2. The summed E-state index contributed by atoms with van der Waals surface area (Å²) < 4.78 is 5.69. The number of ether oxygens (including phenoxy) is 1. The maximum absolute atomic E-state index is 10.7. The first-order chi connectivity index (χ1) is 9.51. The van der Waals surface area contributed by atoms with Crippen molar-refractivity contribution < 1.29 is 14.8 Å². The van der Waals surface area contributed by atoms with E-state index in [0.29, 0.717) is 17.1 Å². The van der Waals surface area contributed by atoms with Gasteiger partial charge in [0.25, 0.3) is 5.69 Å². The van der Waals surface area contributed by atoms with Crippen molar-refractivity contribution in [3.05, 3.63) is 63.2 Å². The van der Waals surface area contributed by atoms with E-state index in [1.165, 1.54) is 18.2 Å². The smallest absolute Gasteiger partial charge is 0.270 e. The van der Waals surface area contributed by atoms with Gasteiger partial charge < -0.3 is 9.84 Å². The quantitative estimate of drug-likeness (QED) is 0.683. The SMILES string of the molecule is Cc1ccc(Oc2ccc([N+](=O)[O-])cc2CO)cc1C. The maximum Gasteiger partial charge on any atom is 0.270 e. The Morgan fingerprint density at radius 2 is 1.90 bits per heavy atom. The van der Waals surface area contributed by atoms with Crippen LogP contribution in [0.25, 0.3) is 0 Å². The third-order valence-corrected chi connectivity index (χ3v) is 3.13. The average Bonchev–Trinajstić information content (AvgIpc) is 2.43. The molecule has 5 nitrogen and oxygen atoms in total. The van der Waals surface area contributed by atoms with Crippen LogP contribution in [0.15, 0.2) is 36.4 Å². The maximum atomic E-state index is 10.7. The second kappa shape index (κ2) is 5.71. The fourth-order valence-corrected chi connectivity index (χ4v) is 1.81. The summed E-state index contributed by atoms with van der Waals surface area (Å²) in [5.41, 5.74) is 2.57. The first-order valence-corrected chi connectivity index (χ1v) is 6.14. The number of hydrogen-bond donors (Lipinski definition) is 1. The Kier molecular flexibility index (Phi) is 4.00. The Morgan fingerprint density at radius 3 is 2.50 bits per heavy atom. The third-order valence-electron chi connectivity index (χ3n) is 3.13. The molecule has 0 saturated heterocycles. The van der Waals surface area contributed by atoms with Crippen molar-refractivity contribution in [2.45, 2.75) is 20.5 Å². The van der Waals surface area contributed by atoms with E-state index in [9.17, 15) is 15.2 Å². The Bertz CT molecular complexity index is 652. The van der Waals surface area contributed by atoms with E-state index in [-0.39, 0.29) is 12.3 Å². The van der Waals surface area contributed by atoms with Gasteiger partial charge in [0.2, 0.25) is 0 Å². The zero-order chi connectivity index (χ0) is 14.7. The predicted molar refractivity (Wildman–Crippen MR) is 75.0 cm³/mol. The molecule has 5 heteroatoms. The van der Waals surface area contributed by atoms with Crippen LogP contribution in [0.1, 0.15) is 16.7 Å². The molecule has 0 aliphatic rings. The molecule has 104 valence electrons. The molecule has 0 aromatic heterocycles. The molecule has 0 bridgehead atoms. The van der Waals surface area contributed by atoms with Crippen molar-refractivity contribution in [1.82, 2.24) is 0 Å². The van der Waals surface area contributed by atoms with E-state index in [0.717, 1.165) is 11.1 Å². The number of aliphatic hydroxyl groups excluding tert-OH is 1. The number of nitrogens with zero attached hydrogens (tertiary/aromatic N) is 1. The fourth-order valence-electron chi connectivity index (χ4n) is 1.81. The van der Waals surface area contributed by atoms with Crippen LogP contribution in [-0.4, -0.2) is 10.0 Å². The van der Waals surface area contributed by atoms with E-state index < -0.39 is 4.92 Å². The number of aryl methyl sites for hydroxylation is 2. The molecule has 0 amide bonds. The van der Waals surface area contributed by atoms with Gasteiger partial charge in [0, 0.05) is 17.7 Å². The van der Waals surface area contributed by atoms with Crippen molar-refractivity contribution in [1.29, 1.82) is 0 Å². The van der Waals surface area contributed by atoms with E-state index >= 15 is 0 Å². The lowest BCUT2D eigenvalue weighted by Crippen LogP contribution is -1.95. The molecule has 0 atom stereocenters. The lowest BCUT2D eigenvalue weighted by molar-refractivity contribution is -0.385. The molecule has 2 aromatic carbocycles. The largest absolute Gasteiger partial charge is 0.457 e. The number of nitro benzene ring substituents is 1. The van der Waals surface area contributed by atoms with Crippen LogP contribution in [-0.2, 0) is 6.61 Å². The lowest BCUT2D eigenvalue weighted by atomic mass is 10.1. The number of nitro groups is 1. The van der Waals surface area contributed by atoms with Crippen molar-refractivity contribution in [3.8, 4) is 11.5 Å². The summed E-state index contributed by atoms with van der Waals surface area (Å²) in [6.07, 6.45) is 0. The fraction of sp³-hybridized carbons (Fsp3) is 0.200. The number of hydrogen-bond acceptors (Lipinski definition) is 4. The Hall–Kier alpha value is -2.40. The molecule has 0 saturated carbocycles. The summed E-state index contributed by atoms with van der Waals surface area (Å²) in [7, 11) is 0. The summed E-state index contributed by atoms with van der Waals surface area (Å²) in [5, 5.41) is 20.0. The summed E-state index contributed by atoms with van der Waals surface area (Å²) in [5.74, 6) is 1.05. The van der Waals surface area contributed by atoms with Gasteiger partial charge in [-0.25, -0.2) is 0 Å². The van der Waals surface area contributed by atoms with Crippen LogP contribution in [0.3, 0.4) is 0 Å². The molecule has 0 aliphatic carbocycles. The van der Waals surface area contributed by atoms with Crippen molar-refractivity contribution >= 4 is 5.69 Å². The summed E-state index contributed by atoms with van der Waals surface area (Å²) in [6.45, 7) is 3.66. The van der Waals surface area contributed by atoms with Gasteiger partial charge in [-0.15, -0.1) is 0 Å². The highest BCUT2D eigenvalue weighted by molar-refractivity contribution is 5.46. The first kappa shape index (κ1) is 14.0. The second-order valence-corrected chi connectivity index (χ2v) is 4.56. The van der Waals surface area contributed by atoms with Gasteiger partial charge in [0.05, 0.1) is 11.5 Å². The predicted octanol–water partition coefficient (Wildman–Crippen LogP) is 3.50. The van der Waals surface area contributed by atoms with Crippen molar-refractivity contribution in [3.63, 3.8) is 0 Å². The van der Waals surface area contributed by atoms with E-state index in [2.05, 4.69) is 0 Å². The standard InChI is InChI=1S/C15H15NO4/c1-10-3-5-14(7-11(10)2)20-15-6-4-13(16(18)19)8-12(15)9-17/h3-8,17H,9H2,1-2H3. The van der Waals surface area contributed by atoms with E-state index in [1.54, 1.807) is 0 Å². The molecule has 1 N–H and O–H groups in total. The number of aliphatic hydroxyl groups is 1. The molecule has 2 rings (SSSR count). The average molecular weight is 273 g/mol. The van der Waals surface area contributed by atoms with Crippen LogP contribution in [0.2, 0.25) is 0 Å². The normalized spacial score (nSPS) is 10.3. The van der Waals surface area contributed by atoms with Crippen LogP contribution in [0.4, 0.5) is 5.69 Å². The summed E-state index contributed by atoms with van der Waals surface area (Å²) in [6, 6.07) is 9.82. The Morgan fingerprint density at radius 1 is 1.15 bits per heavy atom. The van der Waals surface area contributed by atoms with Crippen molar-refractivity contribution in [2.24, 2.45) is 0 Å². The minimum atomic E-state index is -0.501. The molecule has 20 heavy (non-hydrogen) atoms. The zero-order valence-electron chi connectivity index (χ0n) is 11.3. The Labute approximate surface area is 116 Å². The topological polar surface area (TPSA) is 72.6 Å². The van der Waals surface area contributed by atoms with Gasteiger partial charge in [-0.05, 0) is 43.2 Å². The highest BCUT2D eigenvalue weighted by atomic mass is 16.6. The molecule has 0 spiro atoms. The van der Waals surface area contributed by atoms with E-state index in [1.807, 2.05) is 32.0 Å². The third kappa shape index (κ3) is 2.95. The minimum Gasteiger partial charge on any atom is -0.457 e. The molecule has 0 unspecified atom stereocenters. The molecular formula is C15H15NO4. The van der Waals surface area contributed by atoms with Gasteiger partial charge in [0.15, 0.2) is 0 Å². The van der Waals surface area contributed by atoms with Crippen LogP contribution >= 0.6 is 0 Å². The molecular weight excluding hydrogens is 258 g/mol. The molecule has 0 radical (unpaired) electrons. The van der Waals surface area contributed by atoms with Crippen LogP contribution in [0, 0.1) is 24.0 Å².